The molecule has 0 amide bonds. The van der Waals surface area contributed by atoms with E-state index >= 15 is 0 Å². The van der Waals surface area contributed by atoms with Gasteiger partial charge >= 0.3 is 0 Å². The van der Waals surface area contributed by atoms with Crippen LogP contribution in [0.5, 0.6) is 0 Å². The zero-order chi connectivity index (χ0) is 14.1. The Kier molecular flexibility index (Phi) is 3.32. The average Bonchev–Trinajstić information content (AvgIpc) is 3.08. The number of hydrogen-bond acceptors (Lipinski definition) is 2. The van der Waals surface area contributed by atoms with Crippen molar-refractivity contribution in [2.24, 2.45) is 7.05 Å². The Balaban J connectivity index is 2.09. The smallest absolute Gasteiger partial charge is 0.140 e. The Morgan fingerprint density at radius 3 is 2.85 bits per heavy atom. The molecule has 0 aliphatic carbocycles. The first kappa shape index (κ1) is 12.9. The first-order valence-corrected chi connectivity index (χ1v) is 6.93. The van der Waals surface area contributed by atoms with Gasteiger partial charge in [0.2, 0.25) is 0 Å². The van der Waals surface area contributed by atoms with E-state index in [1.165, 1.54) is 10.9 Å². The quantitative estimate of drug-likeness (QED) is 0.791. The molecule has 0 fully saturated rings. The van der Waals surface area contributed by atoms with Crippen molar-refractivity contribution in [3.05, 3.63) is 42.9 Å². The van der Waals surface area contributed by atoms with Gasteiger partial charge in [-0.2, -0.15) is 0 Å². The summed E-state index contributed by atoms with van der Waals surface area (Å²) >= 11 is 0. The molecule has 3 rings (SSSR count). The first-order valence-electron chi connectivity index (χ1n) is 6.93. The van der Waals surface area contributed by atoms with Crippen molar-refractivity contribution in [1.82, 2.24) is 14.1 Å². The molecule has 0 aliphatic rings. The maximum absolute atomic E-state index is 9.49. The van der Waals surface area contributed by atoms with E-state index < -0.39 is 0 Å². The molecule has 4 heteroatoms. The highest BCUT2D eigenvalue weighted by Crippen LogP contribution is 2.26. The van der Waals surface area contributed by atoms with E-state index in [0.29, 0.717) is 0 Å². The lowest BCUT2D eigenvalue weighted by molar-refractivity contribution is 0.225. The maximum atomic E-state index is 9.49. The van der Waals surface area contributed by atoms with Gasteiger partial charge in [-0.05, 0) is 30.7 Å². The molecule has 4 nitrogen and oxygen atoms in total. The van der Waals surface area contributed by atoms with E-state index in [2.05, 4.69) is 51.5 Å². The van der Waals surface area contributed by atoms with Crippen molar-refractivity contribution in [2.45, 2.75) is 19.4 Å². The number of imidazole rings is 1. The topological polar surface area (TPSA) is 43.0 Å². The van der Waals surface area contributed by atoms with Crippen molar-refractivity contribution in [3.8, 4) is 11.4 Å². The molecule has 104 valence electrons. The molecule has 0 bridgehead atoms. The van der Waals surface area contributed by atoms with Crippen LogP contribution in [0, 0.1) is 0 Å². The third-order valence-electron chi connectivity index (χ3n) is 3.89. The maximum Gasteiger partial charge on any atom is 0.140 e. The number of aliphatic hydroxyl groups is 1. The second-order valence-electron chi connectivity index (χ2n) is 5.10. The van der Waals surface area contributed by atoms with Gasteiger partial charge in [0.05, 0.1) is 12.6 Å². The van der Waals surface area contributed by atoms with Gasteiger partial charge < -0.3 is 14.2 Å². The summed E-state index contributed by atoms with van der Waals surface area (Å²) in [7, 11) is 2.04. The average molecular weight is 269 g/mol. The van der Waals surface area contributed by atoms with E-state index in [9.17, 15) is 5.11 Å². The van der Waals surface area contributed by atoms with Crippen LogP contribution in [0.15, 0.2) is 42.9 Å². The number of aromatic nitrogens is 3. The van der Waals surface area contributed by atoms with Gasteiger partial charge in [-0.3, -0.25) is 0 Å². The molecule has 3 aromatic rings. The monoisotopic (exact) mass is 269 g/mol. The number of rotatable bonds is 4. The minimum absolute atomic E-state index is 0.0824. The minimum Gasteiger partial charge on any atom is -0.394 e. The number of benzene rings is 1. The fraction of sp³-hybridized carbons (Fsp3) is 0.312. The lowest BCUT2D eigenvalue weighted by Crippen LogP contribution is -2.12. The fourth-order valence-electron chi connectivity index (χ4n) is 2.67. The summed E-state index contributed by atoms with van der Waals surface area (Å²) in [6, 6.07) is 8.54. The summed E-state index contributed by atoms with van der Waals surface area (Å²) in [6.45, 7) is 2.21. The number of fused-ring (bicyclic) bond motifs is 1. The summed E-state index contributed by atoms with van der Waals surface area (Å²) in [4.78, 5) is 4.46. The molecule has 1 N–H and O–H groups in total. The molecular formula is C16H19N3O. The molecule has 1 unspecified atom stereocenters. The summed E-state index contributed by atoms with van der Waals surface area (Å²) in [5, 5.41) is 10.7. The number of aliphatic hydroxyl groups excluding tert-OH is 1. The van der Waals surface area contributed by atoms with Crippen LogP contribution in [0.25, 0.3) is 22.3 Å². The molecule has 0 saturated heterocycles. The van der Waals surface area contributed by atoms with E-state index in [1.807, 2.05) is 13.2 Å². The van der Waals surface area contributed by atoms with Crippen molar-refractivity contribution in [3.63, 3.8) is 0 Å². The first-order chi connectivity index (χ1) is 9.74. The van der Waals surface area contributed by atoms with E-state index in [4.69, 9.17) is 0 Å². The molecule has 1 atom stereocenters. The van der Waals surface area contributed by atoms with Crippen molar-refractivity contribution in [2.75, 3.05) is 6.61 Å². The van der Waals surface area contributed by atoms with Crippen LogP contribution in [-0.2, 0) is 7.05 Å². The Morgan fingerprint density at radius 2 is 2.10 bits per heavy atom. The zero-order valence-corrected chi connectivity index (χ0v) is 11.8. The molecule has 20 heavy (non-hydrogen) atoms. The van der Waals surface area contributed by atoms with Gasteiger partial charge in [0.1, 0.15) is 5.82 Å². The van der Waals surface area contributed by atoms with Crippen LogP contribution in [0.4, 0.5) is 0 Å². The van der Waals surface area contributed by atoms with Gasteiger partial charge in [0, 0.05) is 42.1 Å². The molecule has 0 aliphatic heterocycles. The highest BCUT2D eigenvalue weighted by molar-refractivity contribution is 5.84. The minimum atomic E-state index is 0.0824. The van der Waals surface area contributed by atoms with Crippen LogP contribution in [0.1, 0.15) is 19.4 Å². The lowest BCUT2D eigenvalue weighted by Gasteiger charge is -2.16. The number of aryl methyl sites for hydroxylation is 1. The van der Waals surface area contributed by atoms with Crippen molar-refractivity contribution in [1.29, 1.82) is 0 Å². The van der Waals surface area contributed by atoms with E-state index in [-0.39, 0.29) is 12.6 Å². The molecule has 1 aromatic carbocycles. The Morgan fingerprint density at radius 1 is 1.25 bits per heavy atom. The number of nitrogens with zero attached hydrogens (tertiary/aromatic N) is 3. The van der Waals surface area contributed by atoms with E-state index in [0.717, 1.165) is 17.8 Å². The molecule has 0 radical (unpaired) electrons. The summed E-state index contributed by atoms with van der Waals surface area (Å²) < 4.78 is 4.16. The fourth-order valence-corrected chi connectivity index (χ4v) is 2.67. The highest BCUT2D eigenvalue weighted by atomic mass is 16.3. The third kappa shape index (κ3) is 2.02. The standard InChI is InChI=1S/C16H19N3O/c1-3-14(11-20)19-9-7-17-16(19)13-4-5-15-12(10-13)6-8-18(15)2/h4-10,14,20H,3,11H2,1-2H3. The van der Waals surface area contributed by atoms with Crippen LogP contribution >= 0.6 is 0 Å². The summed E-state index contributed by atoms with van der Waals surface area (Å²) in [5.41, 5.74) is 2.29. The lowest BCUT2D eigenvalue weighted by atomic mass is 10.1. The Labute approximate surface area is 118 Å². The normalized spacial score (nSPS) is 12.9. The molecule has 2 aromatic heterocycles. The predicted octanol–water partition coefficient (Wildman–Crippen LogP) is 2.99. The van der Waals surface area contributed by atoms with Crippen LogP contribution < -0.4 is 0 Å². The largest absolute Gasteiger partial charge is 0.394 e. The predicted molar refractivity (Wildman–Crippen MR) is 80.6 cm³/mol. The zero-order valence-electron chi connectivity index (χ0n) is 11.8. The van der Waals surface area contributed by atoms with Gasteiger partial charge in [-0.25, -0.2) is 4.98 Å². The summed E-state index contributed by atoms with van der Waals surface area (Å²) in [6.07, 6.45) is 6.68. The molecular weight excluding hydrogens is 250 g/mol. The van der Waals surface area contributed by atoms with Crippen LogP contribution in [0.2, 0.25) is 0 Å². The van der Waals surface area contributed by atoms with Crippen molar-refractivity contribution >= 4 is 10.9 Å². The molecule has 0 spiro atoms. The van der Waals surface area contributed by atoms with Gasteiger partial charge in [0.15, 0.2) is 0 Å². The van der Waals surface area contributed by atoms with Gasteiger partial charge in [0.25, 0.3) is 0 Å². The van der Waals surface area contributed by atoms with Gasteiger partial charge in [-0.1, -0.05) is 6.92 Å². The summed E-state index contributed by atoms with van der Waals surface area (Å²) in [5.74, 6) is 0.914. The Hall–Kier alpha value is -2.07. The second kappa shape index (κ2) is 5.13. The highest BCUT2D eigenvalue weighted by Gasteiger charge is 2.13. The van der Waals surface area contributed by atoms with Crippen molar-refractivity contribution < 1.29 is 5.11 Å². The Bertz CT molecular complexity index is 722. The SMILES string of the molecule is CCC(CO)n1ccnc1-c1ccc2c(ccn2C)c1. The number of hydrogen-bond donors (Lipinski definition) is 1. The second-order valence-corrected chi connectivity index (χ2v) is 5.10. The molecule has 2 heterocycles. The van der Waals surface area contributed by atoms with Crippen LogP contribution in [-0.4, -0.2) is 25.8 Å². The van der Waals surface area contributed by atoms with E-state index in [1.54, 1.807) is 6.20 Å². The van der Waals surface area contributed by atoms with Gasteiger partial charge in [-0.15, -0.1) is 0 Å². The molecule has 0 saturated carbocycles. The third-order valence-corrected chi connectivity index (χ3v) is 3.89. The van der Waals surface area contributed by atoms with Crippen LogP contribution in [0.3, 0.4) is 0 Å².